The van der Waals surface area contributed by atoms with Gasteiger partial charge in [-0.3, -0.25) is 0 Å². The van der Waals surface area contributed by atoms with E-state index in [2.05, 4.69) is 20.7 Å². The van der Waals surface area contributed by atoms with E-state index >= 15 is 0 Å². The van der Waals surface area contributed by atoms with Gasteiger partial charge in [0.15, 0.2) is 5.82 Å². The summed E-state index contributed by atoms with van der Waals surface area (Å²) in [6.07, 6.45) is 1.28. The molecule has 0 aliphatic rings. The minimum Gasteiger partial charge on any atom is -0.336 e. The Kier molecular flexibility index (Phi) is 4.54. The van der Waals surface area contributed by atoms with E-state index in [0.29, 0.717) is 17.2 Å². The maximum Gasteiger partial charge on any atom is 0.151 e. The fourth-order valence-electron chi connectivity index (χ4n) is 1.94. The minimum atomic E-state index is -0.810. The lowest BCUT2D eigenvalue weighted by molar-refractivity contribution is 0.586. The first-order chi connectivity index (χ1) is 9.93. The molecule has 0 saturated heterocycles. The number of benzene rings is 1. The zero-order valence-corrected chi connectivity index (χ0v) is 12.2. The van der Waals surface area contributed by atoms with Crippen LogP contribution in [0.4, 0.5) is 26.1 Å². The molecule has 0 fully saturated rings. The van der Waals surface area contributed by atoms with Crippen LogP contribution >= 0.6 is 11.6 Å². The van der Waals surface area contributed by atoms with Crippen LogP contribution in [0.5, 0.6) is 0 Å². The second kappa shape index (κ2) is 6.19. The van der Waals surface area contributed by atoms with Crippen LogP contribution in [0.3, 0.4) is 0 Å². The summed E-state index contributed by atoms with van der Waals surface area (Å²) >= 11 is 5.86. The molecular formula is C13H14ClF2N5. The van der Waals surface area contributed by atoms with Crippen molar-refractivity contribution in [1.29, 1.82) is 0 Å². The Balaban J connectivity index is 2.50. The number of anilines is 3. The third-order valence-corrected chi connectivity index (χ3v) is 3.15. The number of nitrogens with two attached hydrogens (primary N) is 1. The van der Waals surface area contributed by atoms with Crippen molar-refractivity contribution in [2.75, 3.05) is 10.7 Å². The molecule has 8 heteroatoms. The molecule has 0 atom stereocenters. The quantitative estimate of drug-likeness (QED) is 0.594. The number of hydrogen-bond acceptors (Lipinski definition) is 5. The van der Waals surface area contributed by atoms with Gasteiger partial charge in [-0.1, -0.05) is 25.4 Å². The zero-order valence-electron chi connectivity index (χ0n) is 11.4. The first-order valence-corrected chi connectivity index (χ1v) is 6.55. The molecule has 5 nitrogen and oxygen atoms in total. The van der Waals surface area contributed by atoms with Crippen molar-refractivity contribution in [3.8, 4) is 0 Å². The van der Waals surface area contributed by atoms with E-state index in [1.165, 1.54) is 6.33 Å². The summed E-state index contributed by atoms with van der Waals surface area (Å²) in [7, 11) is 0. The molecule has 0 aliphatic heterocycles. The molecule has 0 saturated carbocycles. The van der Waals surface area contributed by atoms with Crippen molar-refractivity contribution >= 4 is 28.9 Å². The average Bonchev–Trinajstić information content (AvgIpc) is 2.42. The summed E-state index contributed by atoms with van der Waals surface area (Å²) in [5.41, 5.74) is 3.08. The first kappa shape index (κ1) is 15.4. The van der Waals surface area contributed by atoms with Gasteiger partial charge in [0.1, 0.15) is 23.8 Å². The van der Waals surface area contributed by atoms with Crippen LogP contribution in [0.2, 0.25) is 5.02 Å². The fourth-order valence-corrected chi connectivity index (χ4v) is 2.18. The molecule has 2 rings (SSSR count). The van der Waals surface area contributed by atoms with Gasteiger partial charge in [0, 0.05) is 11.6 Å². The molecule has 0 aliphatic carbocycles. The Hall–Kier alpha value is -1.99. The van der Waals surface area contributed by atoms with E-state index in [-0.39, 0.29) is 16.6 Å². The van der Waals surface area contributed by atoms with E-state index in [1.54, 1.807) is 0 Å². The number of hydrazine groups is 1. The smallest absolute Gasteiger partial charge is 0.151 e. The summed E-state index contributed by atoms with van der Waals surface area (Å²) in [5, 5.41) is 2.69. The van der Waals surface area contributed by atoms with Gasteiger partial charge in [-0.2, -0.15) is 0 Å². The molecule has 4 N–H and O–H groups in total. The molecular weight excluding hydrogens is 300 g/mol. The molecule has 1 heterocycles. The third kappa shape index (κ3) is 3.20. The molecule has 1 aromatic carbocycles. The van der Waals surface area contributed by atoms with Crippen molar-refractivity contribution in [2.45, 2.75) is 19.8 Å². The normalized spacial score (nSPS) is 10.8. The van der Waals surface area contributed by atoms with Gasteiger partial charge < -0.3 is 10.7 Å². The van der Waals surface area contributed by atoms with Gasteiger partial charge in [0.05, 0.1) is 10.7 Å². The van der Waals surface area contributed by atoms with Crippen LogP contribution in [0.15, 0.2) is 18.5 Å². The topological polar surface area (TPSA) is 75.9 Å². The molecule has 0 amide bonds. The number of nitrogen functional groups attached to an aromatic ring is 1. The van der Waals surface area contributed by atoms with Crippen LogP contribution in [0.1, 0.15) is 25.3 Å². The first-order valence-electron chi connectivity index (χ1n) is 6.17. The molecule has 0 bridgehead atoms. The molecule has 2 aromatic rings. The lowest BCUT2D eigenvalue weighted by Gasteiger charge is -2.17. The maximum atomic E-state index is 13.8. The maximum absolute atomic E-state index is 13.8. The summed E-state index contributed by atoms with van der Waals surface area (Å²) in [4.78, 5) is 8.08. The van der Waals surface area contributed by atoms with Crippen molar-refractivity contribution in [3.63, 3.8) is 0 Å². The van der Waals surface area contributed by atoms with Crippen molar-refractivity contribution < 1.29 is 8.78 Å². The highest BCUT2D eigenvalue weighted by molar-refractivity contribution is 6.33. The second-order valence-corrected chi connectivity index (χ2v) is 5.06. The van der Waals surface area contributed by atoms with Gasteiger partial charge >= 0.3 is 0 Å². The number of aromatic nitrogens is 2. The van der Waals surface area contributed by atoms with Crippen molar-refractivity contribution in [3.05, 3.63) is 40.7 Å². The number of nitrogens with zero attached hydrogens (tertiary/aromatic N) is 2. The van der Waals surface area contributed by atoms with E-state index < -0.39 is 11.6 Å². The van der Waals surface area contributed by atoms with E-state index in [4.69, 9.17) is 17.4 Å². The lowest BCUT2D eigenvalue weighted by Crippen LogP contribution is -2.14. The standard InChI is InChI=1S/C13H14ClF2N5/c1-6(2)10-12(18-5-19-13(10)21-17)20-11-8(14)3-7(15)4-9(11)16/h3-6H,17H2,1-2H3,(H2,18,19,20,21). The van der Waals surface area contributed by atoms with Crippen molar-refractivity contribution in [2.24, 2.45) is 5.84 Å². The molecule has 0 radical (unpaired) electrons. The van der Waals surface area contributed by atoms with Gasteiger partial charge in [0.2, 0.25) is 0 Å². The van der Waals surface area contributed by atoms with Gasteiger partial charge in [0.25, 0.3) is 0 Å². The van der Waals surface area contributed by atoms with Crippen molar-refractivity contribution in [1.82, 2.24) is 9.97 Å². The number of nitrogens with one attached hydrogen (secondary N) is 2. The van der Waals surface area contributed by atoms with Crippen LogP contribution in [-0.4, -0.2) is 9.97 Å². The monoisotopic (exact) mass is 313 g/mol. The third-order valence-electron chi connectivity index (χ3n) is 2.85. The SMILES string of the molecule is CC(C)c1c(NN)ncnc1Nc1c(F)cc(F)cc1Cl. The highest BCUT2D eigenvalue weighted by Gasteiger charge is 2.17. The Labute approximate surface area is 125 Å². The Morgan fingerprint density at radius 2 is 1.86 bits per heavy atom. The molecule has 21 heavy (non-hydrogen) atoms. The zero-order chi connectivity index (χ0) is 15.6. The van der Waals surface area contributed by atoms with Gasteiger partial charge in [-0.15, -0.1) is 0 Å². The summed E-state index contributed by atoms with van der Waals surface area (Å²) in [6.45, 7) is 3.82. The number of rotatable bonds is 4. The van der Waals surface area contributed by atoms with E-state index in [0.717, 1.165) is 12.1 Å². The molecule has 0 unspecified atom stereocenters. The second-order valence-electron chi connectivity index (χ2n) is 4.65. The highest BCUT2D eigenvalue weighted by atomic mass is 35.5. The Morgan fingerprint density at radius 3 is 2.43 bits per heavy atom. The predicted octanol–water partition coefficient (Wildman–Crippen LogP) is 3.56. The minimum absolute atomic E-state index is 0.0158. The highest BCUT2D eigenvalue weighted by Crippen LogP contribution is 2.33. The van der Waals surface area contributed by atoms with Crippen LogP contribution in [0.25, 0.3) is 0 Å². The average molecular weight is 314 g/mol. The Morgan fingerprint density at radius 1 is 1.19 bits per heavy atom. The molecule has 112 valence electrons. The summed E-state index contributed by atoms with van der Waals surface area (Å²) in [6, 6.07) is 1.76. The summed E-state index contributed by atoms with van der Waals surface area (Å²) in [5.74, 6) is 4.63. The Bertz CT molecular complexity index is 640. The van der Waals surface area contributed by atoms with Gasteiger partial charge in [-0.25, -0.2) is 24.6 Å². The van der Waals surface area contributed by atoms with Crippen LogP contribution in [-0.2, 0) is 0 Å². The molecule has 0 spiro atoms. The number of halogens is 3. The van der Waals surface area contributed by atoms with Gasteiger partial charge in [-0.05, 0) is 12.0 Å². The number of hydrogen-bond donors (Lipinski definition) is 3. The van der Waals surface area contributed by atoms with E-state index in [1.807, 2.05) is 13.8 Å². The van der Waals surface area contributed by atoms with Crippen LogP contribution in [0, 0.1) is 11.6 Å². The predicted molar refractivity (Wildman–Crippen MR) is 78.6 cm³/mol. The lowest BCUT2D eigenvalue weighted by atomic mass is 10.0. The largest absolute Gasteiger partial charge is 0.336 e. The fraction of sp³-hybridized carbons (Fsp3) is 0.231. The van der Waals surface area contributed by atoms with E-state index in [9.17, 15) is 8.78 Å². The summed E-state index contributed by atoms with van der Waals surface area (Å²) < 4.78 is 26.9. The van der Waals surface area contributed by atoms with Crippen LogP contribution < -0.4 is 16.6 Å². The molecule has 1 aromatic heterocycles.